The van der Waals surface area contributed by atoms with E-state index in [9.17, 15) is 10.1 Å². The Morgan fingerprint density at radius 2 is 2.19 bits per heavy atom. The first-order valence-electron chi connectivity index (χ1n) is 6.54. The van der Waals surface area contributed by atoms with Gasteiger partial charge in [-0.25, -0.2) is 4.98 Å². The van der Waals surface area contributed by atoms with Crippen LogP contribution in [0.2, 0.25) is 0 Å². The van der Waals surface area contributed by atoms with Gasteiger partial charge in [-0.15, -0.1) is 0 Å². The Hall–Kier alpha value is -2.71. The lowest BCUT2D eigenvalue weighted by Crippen LogP contribution is -2.39. The zero-order chi connectivity index (χ0) is 15.2. The first-order valence-corrected chi connectivity index (χ1v) is 6.54. The third kappa shape index (κ3) is 3.65. The van der Waals surface area contributed by atoms with Gasteiger partial charge in [0.05, 0.1) is 17.5 Å². The summed E-state index contributed by atoms with van der Waals surface area (Å²) in [5.41, 5.74) is -0.0235. The van der Waals surface area contributed by atoms with Crippen molar-refractivity contribution in [2.45, 2.75) is 18.9 Å². The number of nitro groups is 1. The molecule has 0 bridgehead atoms. The highest BCUT2D eigenvalue weighted by atomic mass is 16.6. The minimum Gasteiger partial charge on any atom is -0.366 e. The lowest BCUT2D eigenvalue weighted by molar-refractivity contribution is -0.385. The van der Waals surface area contributed by atoms with Crippen LogP contribution in [0.1, 0.15) is 18.4 Å². The average Bonchev–Trinajstić information content (AvgIpc) is 2.49. The molecule has 1 N–H and O–H groups in total. The number of hydrogen-bond donors (Lipinski definition) is 1. The van der Waals surface area contributed by atoms with E-state index in [-0.39, 0.29) is 17.3 Å². The van der Waals surface area contributed by atoms with Gasteiger partial charge in [0.25, 0.3) is 5.69 Å². The molecule has 8 nitrogen and oxygen atoms in total. The predicted octanol–water partition coefficient (Wildman–Crippen LogP) is 1.26. The van der Waals surface area contributed by atoms with Crippen molar-refractivity contribution in [3.63, 3.8) is 0 Å². The van der Waals surface area contributed by atoms with Gasteiger partial charge in [0.2, 0.25) is 0 Å². The van der Waals surface area contributed by atoms with Crippen LogP contribution in [-0.4, -0.2) is 40.5 Å². The second kappa shape index (κ2) is 6.64. The zero-order valence-corrected chi connectivity index (χ0v) is 11.3. The Balaban J connectivity index is 2.03. The lowest BCUT2D eigenvalue weighted by Gasteiger charge is -2.31. The van der Waals surface area contributed by atoms with Gasteiger partial charge in [-0.2, -0.15) is 10.5 Å². The Bertz CT molecular complexity index is 610. The molecule has 1 aromatic heterocycles. The summed E-state index contributed by atoms with van der Waals surface area (Å²) < 4.78 is 0. The summed E-state index contributed by atoms with van der Waals surface area (Å²) in [4.78, 5) is 16.1. The van der Waals surface area contributed by atoms with Crippen LogP contribution in [0.3, 0.4) is 0 Å². The van der Waals surface area contributed by atoms with E-state index < -0.39 is 4.92 Å². The van der Waals surface area contributed by atoms with Gasteiger partial charge in [-0.3, -0.25) is 15.0 Å². The van der Waals surface area contributed by atoms with Crippen molar-refractivity contribution in [1.29, 1.82) is 10.5 Å². The lowest BCUT2D eigenvalue weighted by atomic mass is 10.0. The van der Waals surface area contributed by atoms with Gasteiger partial charge < -0.3 is 5.32 Å². The van der Waals surface area contributed by atoms with E-state index in [1.54, 1.807) is 0 Å². The number of aromatic nitrogens is 1. The Morgan fingerprint density at radius 3 is 2.76 bits per heavy atom. The third-order valence-electron chi connectivity index (χ3n) is 3.43. The van der Waals surface area contributed by atoms with E-state index in [4.69, 9.17) is 10.5 Å². The number of nitrogens with one attached hydrogen (secondary N) is 1. The summed E-state index contributed by atoms with van der Waals surface area (Å²) in [6.45, 7) is 2.03. The van der Waals surface area contributed by atoms with E-state index in [1.165, 1.54) is 6.07 Å². The average molecular weight is 286 g/mol. The molecule has 0 aliphatic carbocycles. The number of pyridine rings is 1. The fourth-order valence-electron chi connectivity index (χ4n) is 2.28. The minimum absolute atomic E-state index is 0.154. The summed E-state index contributed by atoms with van der Waals surface area (Å²) in [6.07, 6.45) is 2.82. The van der Waals surface area contributed by atoms with Crippen molar-refractivity contribution in [1.82, 2.24) is 9.88 Å². The number of anilines is 1. The van der Waals surface area contributed by atoms with Crippen LogP contribution >= 0.6 is 0 Å². The number of rotatable bonds is 4. The summed E-state index contributed by atoms with van der Waals surface area (Å²) in [6, 6.07) is 5.43. The number of hydrogen-bond acceptors (Lipinski definition) is 7. The van der Waals surface area contributed by atoms with Crippen LogP contribution in [0.15, 0.2) is 12.3 Å². The number of likely N-dealkylation sites (tertiary alicyclic amines) is 1. The van der Waals surface area contributed by atoms with Gasteiger partial charge in [-0.05, 0) is 12.8 Å². The molecule has 0 unspecified atom stereocenters. The summed E-state index contributed by atoms with van der Waals surface area (Å²) >= 11 is 0. The van der Waals surface area contributed by atoms with Crippen LogP contribution in [0.4, 0.5) is 11.5 Å². The molecule has 0 radical (unpaired) electrons. The molecule has 1 aromatic rings. The highest BCUT2D eigenvalue weighted by Gasteiger charge is 2.21. The van der Waals surface area contributed by atoms with Crippen molar-refractivity contribution in [2.24, 2.45) is 0 Å². The molecule has 108 valence electrons. The van der Waals surface area contributed by atoms with Crippen LogP contribution in [-0.2, 0) is 0 Å². The predicted molar refractivity (Wildman–Crippen MR) is 74.3 cm³/mol. The van der Waals surface area contributed by atoms with Crippen molar-refractivity contribution < 1.29 is 4.92 Å². The maximum atomic E-state index is 10.7. The molecular weight excluding hydrogens is 272 g/mol. The molecule has 1 saturated heterocycles. The maximum Gasteiger partial charge on any atom is 0.289 e. The number of nitriles is 2. The van der Waals surface area contributed by atoms with Crippen molar-refractivity contribution in [3.05, 3.63) is 27.9 Å². The summed E-state index contributed by atoms with van der Waals surface area (Å²) in [7, 11) is 0. The maximum absolute atomic E-state index is 10.7. The van der Waals surface area contributed by atoms with Gasteiger partial charge in [0, 0.05) is 25.2 Å². The number of nitrogens with zero attached hydrogens (tertiary/aromatic N) is 5. The standard InChI is InChI=1S/C13H14N6O2/c14-3-6-18-4-1-11(2-5-18)17-13-10(8-15)7-12(9-16-13)19(20)21/h7,9,11H,1-2,4-6H2,(H,16,17). The van der Waals surface area contributed by atoms with Crippen LogP contribution in [0, 0.1) is 32.8 Å². The normalized spacial score (nSPS) is 15.9. The smallest absolute Gasteiger partial charge is 0.289 e. The van der Waals surface area contributed by atoms with E-state index in [1.807, 2.05) is 6.07 Å². The SMILES string of the molecule is N#CCN1CCC(Nc2ncc([N+](=O)[O-])cc2C#N)CC1. The second-order valence-corrected chi connectivity index (χ2v) is 4.81. The highest BCUT2D eigenvalue weighted by Crippen LogP contribution is 2.21. The second-order valence-electron chi connectivity index (χ2n) is 4.81. The molecule has 2 rings (SSSR count). The fourth-order valence-corrected chi connectivity index (χ4v) is 2.28. The van der Waals surface area contributed by atoms with E-state index >= 15 is 0 Å². The molecular formula is C13H14N6O2. The molecule has 1 aliphatic rings. The molecule has 0 atom stereocenters. The molecule has 1 aliphatic heterocycles. The summed E-state index contributed by atoms with van der Waals surface area (Å²) in [5.74, 6) is 0.377. The van der Waals surface area contributed by atoms with Crippen LogP contribution < -0.4 is 5.32 Å². The van der Waals surface area contributed by atoms with E-state index in [2.05, 4.69) is 21.3 Å². The van der Waals surface area contributed by atoms with Crippen LogP contribution in [0.5, 0.6) is 0 Å². The molecule has 21 heavy (non-hydrogen) atoms. The van der Waals surface area contributed by atoms with Crippen LogP contribution in [0.25, 0.3) is 0 Å². The molecule has 1 fully saturated rings. The monoisotopic (exact) mass is 286 g/mol. The zero-order valence-electron chi connectivity index (χ0n) is 11.3. The van der Waals surface area contributed by atoms with Crippen molar-refractivity contribution >= 4 is 11.5 Å². The largest absolute Gasteiger partial charge is 0.366 e. The van der Waals surface area contributed by atoms with E-state index in [0.29, 0.717) is 12.4 Å². The Morgan fingerprint density at radius 1 is 1.48 bits per heavy atom. The molecule has 0 amide bonds. The molecule has 2 heterocycles. The van der Waals surface area contributed by atoms with Crippen molar-refractivity contribution in [2.75, 3.05) is 25.0 Å². The Kier molecular flexibility index (Phi) is 4.64. The molecule has 0 aromatic carbocycles. The van der Waals surface area contributed by atoms with Crippen molar-refractivity contribution in [3.8, 4) is 12.1 Å². The fraction of sp³-hybridized carbons (Fsp3) is 0.462. The van der Waals surface area contributed by atoms with Gasteiger partial charge in [-0.1, -0.05) is 0 Å². The quantitative estimate of drug-likeness (QED) is 0.502. The first kappa shape index (κ1) is 14.7. The third-order valence-corrected chi connectivity index (χ3v) is 3.43. The summed E-state index contributed by atoms with van der Waals surface area (Å²) in [5, 5.41) is 31.6. The van der Waals surface area contributed by atoms with Gasteiger partial charge >= 0.3 is 0 Å². The highest BCUT2D eigenvalue weighted by molar-refractivity contribution is 5.56. The molecule has 0 saturated carbocycles. The minimum atomic E-state index is -0.571. The van der Waals surface area contributed by atoms with Gasteiger partial charge in [0.15, 0.2) is 0 Å². The first-order chi connectivity index (χ1) is 10.1. The molecule has 0 spiro atoms. The molecule has 8 heteroatoms. The topological polar surface area (TPSA) is 119 Å². The number of piperidine rings is 1. The van der Waals surface area contributed by atoms with E-state index in [0.717, 1.165) is 32.1 Å². The Labute approximate surface area is 121 Å². The van der Waals surface area contributed by atoms with Gasteiger partial charge in [0.1, 0.15) is 23.6 Å².